The van der Waals surface area contributed by atoms with Crippen LogP contribution >= 0.6 is 0 Å². The standard InChI is InChI=1S/C49H69N3O10/c1-3-21-52(48(55)59-31-30-56-35-36-14-6-5-7-15-36)44-34-42(50-62-45-18-10-13-28-58-45)40-32-37(16-8-11-25-53)39(17-9-12-26-54)46-41-33-38(57-29-24-51-22-23-51)19-20-43(41)61-49(44,47(40)46)60-27-4-2/h4-7,14-15,19-20,32-33,37,39,44-47,53-54H,2-3,8-13,16-18,21-31,34-35H2,1H3. The van der Waals surface area contributed by atoms with Gasteiger partial charge >= 0.3 is 6.09 Å². The van der Waals surface area contributed by atoms with E-state index in [2.05, 4.69) is 23.6 Å². The predicted molar refractivity (Wildman–Crippen MR) is 236 cm³/mol. The van der Waals surface area contributed by atoms with Gasteiger partial charge in [-0.05, 0) is 86.1 Å². The van der Waals surface area contributed by atoms with Crippen molar-refractivity contribution in [1.29, 1.82) is 0 Å². The summed E-state index contributed by atoms with van der Waals surface area (Å²) < 4.78 is 38.8. The van der Waals surface area contributed by atoms with Gasteiger partial charge in [-0.2, -0.15) is 0 Å². The molecule has 0 radical (unpaired) electrons. The molecule has 1 saturated carbocycles. The lowest BCUT2D eigenvalue weighted by Gasteiger charge is -2.60. The molecule has 3 fully saturated rings. The fourth-order valence-electron chi connectivity index (χ4n) is 9.89. The average Bonchev–Trinajstić information content (AvgIpc) is 4.13. The lowest BCUT2D eigenvalue weighted by atomic mass is 9.55. The van der Waals surface area contributed by atoms with Gasteiger partial charge in [-0.1, -0.05) is 67.4 Å². The first kappa shape index (κ1) is 46.0. The number of carbonyl (C=O) groups is 1. The molecular weight excluding hydrogens is 791 g/mol. The Kier molecular flexibility index (Phi) is 17.1. The minimum atomic E-state index is -1.37. The van der Waals surface area contributed by atoms with Gasteiger partial charge in [0.2, 0.25) is 12.1 Å². The van der Waals surface area contributed by atoms with E-state index in [0.29, 0.717) is 51.4 Å². The zero-order valence-electron chi connectivity index (χ0n) is 36.7. The second-order valence-electron chi connectivity index (χ2n) is 17.2. The molecule has 2 aliphatic carbocycles. The van der Waals surface area contributed by atoms with E-state index in [-0.39, 0.29) is 57.2 Å². The summed E-state index contributed by atoms with van der Waals surface area (Å²) in [5, 5.41) is 24.8. The van der Waals surface area contributed by atoms with E-state index in [1.165, 1.54) is 0 Å². The van der Waals surface area contributed by atoms with Gasteiger partial charge in [-0.3, -0.25) is 9.80 Å². The smallest absolute Gasteiger partial charge is 0.410 e. The summed E-state index contributed by atoms with van der Waals surface area (Å²) >= 11 is 0. The number of hydrogen-bond acceptors (Lipinski definition) is 12. The van der Waals surface area contributed by atoms with Gasteiger partial charge in [0.1, 0.15) is 30.8 Å². The molecule has 1 amide bonds. The molecule has 13 nitrogen and oxygen atoms in total. The third-order valence-electron chi connectivity index (χ3n) is 12.9. The summed E-state index contributed by atoms with van der Waals surface area (Å²) in [6.45, 7) is 11.9. The fourth-order valence-corrected chi connectivity index (χ4v) is 9.89. The topological polar surface area (TPSA) is 141 Å². The number of benzene rings is 2. The number of rotatable bonds is 25. The second kappa shape index (κ2) is 23.1. The second-order valence-corrected chi connectivity index (χ2v) is 17.2. The Hall–Kier alpha value is -3.98. The SMILES string of the molecule is C=CCOC12Oc3ccc(OCCN4CC4)cc3C3C(CCCCO)C(CCCCO)C=C(C(=NOC4CCCCO4)CC1N(CCC)C(=O)OCCOCc1ccccc1)C32. The minimum Gasteiger partial charge on any atom is -0.492 e. The van der Waals surface area contributed by atoms with Gasteiger partial charge in [-0.15, -0.1) is 6.58 Å². The van der Waals surface area contributed by atoms with Crippen molar-refractivity contribution in [3.8, 4) is 11.5 Å². The number of ether oxygens (including phenoxy) is 6. The number of fused-ring (bicyclic) bond motifs is 2. The molecule has 0 bridgehead atoms. The number of carbonyl (C=O) groups excluding carboxylic acids is 1. The number of hydrogen-bond donors (Lipinski definition) is 2. The number of aliphatic hydroxyl groups excluding tert-OH is 2. The van der Waals surface area contributed by atoms with Crippen LogP contribution in [0.25, 0.3) is 0 Å². The molecule has 7 atom stereocenters. The maximum Gasteiger partial charge on any atom is 0.410 e. The molecular formula is C49H69N3O10. The average molecular weight is 860 g/mol. The first-order valence-corrected chi connectivity index (χ1v) is 23.3. The van der Waals surface area contributed by atoms with Crippen molar-refractivity contribution in [3.63, 3.8) is 0 Å². The maximum atomic E-state index is 14.5. The number of oxime groups is 1. The van der Waals surface area contributed by atoms with Crippen molar-refractivity contribution in [3.05, 3.63) is 84.0 Å². The van der Waals surface area contributed by atoms with Crippen LogP contribution in [0.5, 0.6) is 11.5 Å². The van der Waals surface area contributed by atoms with Crippen molar-refractivity contribution in [2.75, 3.05) is 72.4 Å². The van der Waals surface area contributed by atoms with E-state index >= 15 is 0 Å². The number of aliphatic hydroxyl groups is 2. The number of nitrogens with zero attached hydrogens (tertiary/aromatic N) is 3. The summed E-state index contributed by atoms with van der Waals surface area (Å²) in [5.41, 5.74) is 3.79. The van der Waals surface area contributed by atoms with Crippen LogP contribution in [0.4, 0.5) is 4.79 Å². The molecule has 3 heterocycles. The van der Waals surface area contributed by atoms with Crippen LogP contribution in [0.2, 0.25) is 0 Å². The molecule has 7 rings (SSSR count). The zero-order chi connectivity index (χ0) is 43.2. The third kappa shape index (κ3) is 11.4. The minimum absolute atomic E-state index is 0.0755. The van der Waals surface area contributed by atoms with E-state index in [0.717, 1.165) is 92.7 Å². The maximum absolute atomic E-state index is 14.5. The summed E-state index contributed by atoms with van der Waals surface area (Å²) in [6.07, 6.45) is 11.6. The largest absolute Gasteiger partial charge is 0.492 e. The van der Waals surface area contributed by atoms with Crippen LogP contribution in [-0.4, -0.2) is 122 Å². The number of amides is 1. The summed E-state index contributed by atoms with van der Waals surface area (Å²) in [7, 11) is 0. The summed E-state index contributed by atoms with van der Waals surface area (Å²) in [5.74, 6) is -0.261. The highest BCUT2D eigenvalue weighted by Crippen LogP contribution is 2.62. The van der Waals surface area contributed by atoms with Crippen LogP contribution in [0, 0.1) is 17.8 Å². The Morgan fingerprint density at radius 2 is 1.85 bits per heavy atom. The molecule has 3 aliphatic heterocycles. The Bertz CT molecular complexity index is 1780. The lowest BCUT2D eigenvalue weighted by molar-refractivity contribution is -0.255. The van der Waals surface area contributed by atoms with Crippen molar-refractivity contribution >= 4 is 11.8 Å². The van der Waals surface area contributed by atoms with Gasteiger partial charge in [0, 0.05) is 63.7 Å². The van der Waals surface area contributed by atoms with E-state index in [1.54, 1.807) is 11.0 Å². The molecule has 2 N–H and O–H groups in total. The normalized spacial score (nSPS) is 27.0. The van der Waals surface area contributed by atoms with E-state index in [9.17, 15) is 15.0 Å². The lowest BCUT2D eigenvalue weighted by Crippen LogP contribution is -2.70. The molecule has 5 aliphatic rings. The van der Waals surface area contributed by atoms with E-state index in [4.69, 9.17) is 38.4 Å². The number of allylic oxidation sites excluding steroid dienone is 1. The first-order chi connectivity index (χ1) is 30.5. The van der Waals surface area contributed by atoms with E-state index < -0.39 is 30.1 Å². The Morgan fingerprint density at radius 3 is 2.60 bits per heavy atom. The molecule has 0 spiro atoms. The van der Waals surface area contributed by atoms with Gasteiger partial charge < -0.3 is 43.5 Å². The first-order valence-electron chi connectivity index (χ1n) is 23.3. The Balaban J connectivity index is 1.31. The quantitative estimate of drug-likeness (QED) is 0.0442. The highest BCUT2D eigenvalue weighted by atomic mass is 16.8. The highest BCUT2D eigenvalue weighted by Gasteiger charge is 2.65. The van der Waals surface area contributed by atoms with Crippen LogP contribution in [-0.2, 0) is 30.4 Å². The molecule has 0 aromatic heterocycles. The molecule has 7 unspecified atom stereocenters. The van der Waals surface area contributed by atoms with Crippen molar-refractivity contribution in [1.82, 2.24) is 9.80 Å². The Labute approximate surface area is 367 Å². The van der Waals surface area contributed by atoms with Crippen LogP contribution in [0.3, 0.4) is 0 Å². The Morgan fingerprint density at radius 1 is 1.03 bits per heavy atom. The fraction of sp³-hybridized carbons (Fsp3) is 0.633. The number of unbranched alkanes of at least 4 members (excludes halogenated alkanes) is 2. The van der Waals surface area contributed by atoms with Crippen LogP contribution in [0.1, 0.15) is 94.6 Å². The van der Waals surface area contributed by atoms with Crippen molar-refractivity contribution in [2.24, 2.45) is 22.9 Å². The van der Waals surface area contributed by atoms with Gasteiger partial charge in [-0.25, -0.2) is 4.79 Å². The molecule has 13 heteroatoms. The van der Waals surface area contributed by atoms with Crippen molar-refractivity contribution < 1.29 is 48.3 Å². The summed E-state index contributed by atoms with van der Waals surface area (Å²) in [4.78, 5) is 24.9. The van der Waals surface area contributed by atoms with Gasteiger partial charge in [0.15, 0.2) is 0 Å². The zero-order valence-corrected chi connectivity index (χ0v) is 36.7. The third-order valence-corrected chi connectivity index (χ3v) is 12.9. The van der Waals surface area contributed by atoms with Crippen LogP contribution < -0.4 is 9.47 Å². The van der Waals surface area contributed by atoms with Gasteiger partial charge in [0.05, 0.1) is 38.1 Å². The molecule has 62 heavy (non-hydrogen) atoms. The molecule has 2 aromatic rings. The summed E-state index contributed by atoms with van der Waals surface area (Å²) in [6, 6.07) is 15.4. The van der Waals surface area contributed by atoms with E-state index in [1.807, 2.05) is 49.4 Å². The highest BCUT2D eigenvalue weighted by molar-refractivity contribution is 6.03. The molecule has 2 saturated heterocycles. The van der Waals surface area contributed by atoms with Gasteiger partial charge in [0.25, 0.3) is 0 Å². The monoisotopic (exact) mass is 859 g/mol. The van der Waals surface area contributed by atoms with Crippen LogP contribution in [0.15, 0.2) is 78.0 Å². The molecule has 340 valence electrons. The predicted octanol–water partition coefficient (Wildman–Crippen LogP) is 7.61. The molecule has 2 aromatic carbocycles. The van der Waals surface area contributed by atoms with Crippen molar-refractivity contribution in [2.45, 2.75) is 108 Å².